The Balaban J connectivity index is 1.62. The number of hydrogen-bond donors (Lipinski definition) is 2. The van der Waals surface area contributed by atoms with E-state index in [4.69, 9.17) is 4.52 Å². The van der Waals surface area contributed by atoms with Crippen LogP contribution < -0.4 is 10.6 Å². The summed E-state index contributed by atoms with van der Waals surface area (Å²) < 4.78 is 5.04. The van der Waals surface area contributed by atoms with Crippen LogP contribution in [0.4, 0.5) is 0 Å². The summed E-state index contributed by atoms with van der Waals surface area (Å²) in [5, 5.41) is 9.85. The predicted octanol–water partition coefficient (Wildman–Crippen LogP) is 1.13. The van der Waals surface area contributed by atoms with Gasteiger partial charge >= 0.3 is 0 Å². The van der Waals surface area contributed by atoms with Crippen molar-refractivity contribution in [3.05, 3.63) is 17.5 Å². The van der Waals surface area contributed by atoms with Crippen LogP contribution in [0, 0.1) is 6.92 Å². The van der Waals surface area contributed by atoms with Crippen molar-refractivity contribution < 1.29 is 9.32 Å². The Morgan fingerprint density at radius 1 is 1.53 bits per heavy atom. The van der Waals surface area contributed by atoms with Crippen molar-refractivity contribution in [3.63, 3.8) is 0 Å². The molecule has 2 N–H and O–H groups in total. The lowest BCUT2D eigenvalue weighted by Crippen LogP contribution is -2.38. The maximum atomic E-state index is 11.6. The first kappa shape index (κ1) is 12.1. The van der Waals surface area contributed by atoms with E-state index in [1.807, 2.05) is 13.0 Å². The van der Waals surface area contributed by atoms with Gasteiger partial charge in [-0.25, -0.2) is 0 Å². The van der Waals surface area contributed by atoms with E-state index in [1.54, 1.807) is 0 Å². The predicted molar refractivity (Wildman–Crippen MR) is 63.3 cm³/mol. The third kappa shape index (κ3) is 3.85. The first-order chi connectivity index (χ1) is 8.24. The van der Waals surface area contributed by atoms with Gasteiger partial charge in [-0.1, -0.05) is 18.0 Å². The molecular weight excluding hydrogens is 218 g/mol. The van der Waals surface area contributed by atoms with Crippen LogP contribution in [-0.4, -0.2) is 23.7 Å². The van der Waals surface area contributed by atoms with Gasteiger partial charge in [0.05, 0.1) is 18.8 Å². The summed E-state index contributed by atoms with van der Waals surface area (Å²) in [4.78, 5) is 11.6. The van der Waals surface area contributed by atoms with E-state index < -0.39 is 0 Å². The standard InChI is InChI=1S/C12H19N3O2/c1-9-6-11(17-15-9)7-13-8-12(16)14-10-4-2-3-5-10/h6,10,13H,2-5,7-8H2,1H3,(H,14,16). The zero-order chi connectivity index (χ0) is 12.1. The van der Waals surface area contributed by atoms with Gasteiger partial charge in [0, 0.05) is 12.1 Å². The molecule has 17 heavy (non-hydrogen) atoms. The molecule has 1 saturated carbocycles. The van der Waals surface area contributed by atoms with Crippen LogP contribution in [0.5, 0.6) is 0 Å². The average molecular weight is 237 g/mol. The smallest absolute Gasteiger partial charge is 0.234 e. The van der Waals surface area contributed by atoms with Gasteiger partial charge < -0.3 is 15.2 Å². The van der Waals surface area contributed by atoms with E-state index in [0.29, 0.717) is 19.1 Å². The number of hydrogen-bond acceptors (Lipinski definition) is 4. The van der Waals surface area contributed by atoms with Gasteiger partial charge in [0.25, 0.3) is 0 Å². The number of aromatic nitrogens is 1. The fraction of sp³-hybridized carbons (Fsp3) is 0.667. The molecule has 1 fully saturated rings. The van der Waals surface area contributed by atoms with Crippen LogP contribution in [0.15, 0.2) is 10.6 Å². The molecule has 0 aromatic carbocycles. The Hall–Kier alpha value is -1.36. The van der Waals surface area contributed by atoms with Gasteiger partial charge in [-0.15, -0.1) is 0 Å². The molecule has 5 heteroatoms. The maximum absolute atomic E-state index is 11.6. The van der Waals surface area contributed by atoms with E-state index >= 15 is 0 Å². The first-order valence-electron chi connectivity index (χ1n) is 6.16. The van der Waals surface area contributed by atoms with Crippen LogP contribution >= 0.6 is 0 Å². The number of rotatable bonds is 5. The topological polar surface area (TPSA) is 67.2 Å². The molecule has 5 nitrogen and oxygen atoms in total. The highest BCUT2D eigenvalue weighted by atomic mass is 16.5. The summed E-state index contributed by atoms with van der Waals surface area (Å²) in [6.07, 6.45) is 4.70. The van der Waals surface area contributed by atoms with Crippen LogP contribution in [0.3, 0.4) is 0 Å². The Kier molecular flexibility index (Phi) is 4.14. The van der Waals surface area contributed by atoms with Gasteiger partial charge in [0.2, 0.25) is 5.91 Å². The van der Waals surface area contributed by atoms with Crippen LogP contribution in [0.1, 0.15) is 37.1 Å². The molecule has 1 aromatic rings. The molecule has 0 spiro atoms. The van der Waals surface area contributed by atoms with Crippen LogP contribution in [0.25, 0.3) is 0 Å². The Morgan fingerprint density at radius 2 is 2.29 bits per heavy atom. The van der Waals surface area contributed by atoms with Crippen molar-refractivity contribution in [2.75, 3.05) is 6.54 Å². The second-order valence-electron chi connectivity index (χ2n) is 4.59. The molecule has 1 aromatic heterocycles. The maximum Gasteiger partial charge on any atom is 0.234 e. The van der Waals surface area contributed by atoms with Gasteiger partial charge in [0.15, 0.2) is 5.76 Å². The van der Waals surface area contributed by atoms with Crippen molar-refractivity contribution in [3.8, 4) is 0 Å². The third-order valence-corrected chi connectivity index (χ3v) is 2.98. The largest absolute Gasteiger partial charge is 0.360 e. The number of carbonyl (C=O) groups is 1. The summed E-state index contributed by atoms with van der Waals surface area (Å²) in [6, 6.07) is 2.25. The molecule has 0 radical (unpaired) electrons. The van der Waals surface area contributed by atoms with Crippen LogP contribution in [-0.2, 0) is 11.3 Å². The van der Waals surface area contributed by atoms with Crippen LogP contribution in [0.2, 0.25) is 0 Å². The van der Waals surface area contributed by atoms with E-state index in [-0.39, 0.29) is 5.91 Å². The third-order valence-electron chi connectivity index (χ3n) is 2.98. The second-order valence-corrected chi connectivity index (χ2v) is 4.59. The molecule has 0 atom stereocenters. The molecule has 0 aliphatic heterocycles. The lowest BCUT2D eigenvalue weighted by Gasteiger charge is -2.11. The van der Waals surface area contributed by atoms with E-state index in [0.717, 1.165) is 24.3 Å². The van der Waals surface area contributed by atoms with Gasteiger partial charge in [-0.3, -0.25) is 4.79 Å². The van der Waals surface area contributed by atoms with Crippen molar-refractivity contribution in [1.82, 2.24) is 15.8 Å². The minimum atomic E-state index is 0.0631. The van der Waals surface area contributed by atoms with Crippen molar-refractivity contribution in [2.45, 2.75) is 45.2 Å². The summed E-state index contributed by atoms with van der Waals surface area (Å²) in [5.41, 5.74) is 0.859. The molecule has 2 rings (SSSR count). The summed E-state index contributed by atoms with van der Waals surface area (Å²) in [7, 11) is 0. The lowest BCUT2D eigenvalue weighted by atomic mass is 10.2. The van der Waals surface area contributed by atoms with E-state index in [9.17, 15) is 4.79 Å². The average Bonchev–Trinajstić information content (AvgIpc) is 2.90. The normalized spacial score (nSPS) is 16.3. The highest BCUT2D eigenvalue weighted by molar-refractivity contribution is 5.78. The number of carbonyl (C=O) groups excluding carboxylic acids is 1. The quantitative estimate of drug-likeness (QED) is 0.805. The second kappa shape index (κ2) is 5.82. The zero-order valence-corrected chi connectivity index (χ0v) is 10.2. The van der Waals surface area contributed by atoms with Crippen molar-refractivity contribution in [2.24, 2.45) is 0 Å². The first-order valence-corrected chi connectivity index (χ1v) is 6.16. The minimum absolute atomic E-state index is 0.0631. The summed E-state index contributed by atoms with van der Waals surface area (Å²) in [5.74, 6) is 0.823. The number of nitrogens with zero attached hydrogens (tertiary/aromatic N) is 1. The Morgan fingerprint density at radius 3 is 2.94 bits per heavy atom. The van der Waals surface area contributed by atoms with Crippen molar-refractivity contribution >= 4 is 5.91 Å². The zero-order valence-electron chi connectivity index (χ0n) is 10.2. The summed E-state index contributed by atoms with van der Waals surface area (Å²) >= 11 is 0. The molecule has 1 heterocycles. The molecule has 1 amide bonds. The lowest BCUT2D eigenvalue weighted by molar-refractivity contribution is -0.120. The highest BCUT2D eigenvalue weighted by Gasteiger charge is 2.16. The Bertz CT molecular complexity index is 370. The highest BCUT2D eigenvalue weighted by Crippen LogP contribution is 2.17. The monoisotopic (exact) mass is 237 g/mol. The van der Waals surface area contributed by atoms with E-state index in [2.05, 4.69) is 15.8 Å². The fourth-order valence-electron chi connectivity index (χ4n) is 2.15. The van der Waals surface area contributed by atoms with Crippen molar-refractivity contribution in [1.29, 1.82) is 0 Å². The molecule has 0 saturated heterocycles. The molecule has 0 unspecified atom stereocenters. The fourth-order valence-corrected chi connectivity index (χ4v) is 2.15. The molecular formula is C12H19N3O2. The molecule has 1 aliphatic rings. The molecule has 1 aliphatic carbocycles. The number of amides is 1. The van der Waals surface area contributed by atoms with Gasteiger partial charge in [-0.2, -0.15) is 0 Å². The Labute approximate surface area is 101 Å². The van der Waals surface area contributed by atoms with Gasteiger partial charge in [-0.05, 0) is 19.8 Å². The number of nitrogens with one attached hydrogen (secondary N) is 2. The van der Waals surface area contributed by atoms with Gasteiger partial charge in [0.1, 0.15) is 0 Å². The van der Waals surface area contributed by atoms with E-state index in [1.165, 1.54) is 12.8 Å². The SMILES string of the molecule is Cc1cc(CNCC(=O)NC2CCCC2)on1. The molecule has 0 bridgehead atoms. The minimum Gasteiger partial charge on any atom is -0.360 e. The number of aryl methyl sites for hydroxylation is 1. The molecule has 94 valence electrons. The summed E-state index contributed by atoms with van der Waals surface area (Å²) in [6.45, 7) is 2.75.